The number of hydrogen-bond acceptors (Lipinski definition) is 2. The van der Waals surface area contributed by atoms with Crippen LogP contribution in [0.2, 0.25) is 0 Å². The van der Waals surface area contributed by atoms with Gasteiger partial charge in [0, 0.05) is 18.7 Å². The standard InChI is InChI=1S/C8H17NO/c1-6(2)9-8-4-5-10-7(8)3/h6-9H,4-5H2,1-3H3. The van der Waals surface area contributed by atoms with E-state index in [2.05, 4.69) is 26.1 Å². The third-order valence-electron chi connectivity index (χ3n) is 1.92. The van der Waals surface area contributed by atoms with Crippen LogP contribution in [0, 0.1) is 0 Å². The summed E-state index contributed by atoms with van der Waals surface area (Å²) in [4.78, 5) is 0. The minimum absolute atomic E-state index is 0.405. The molecule has 2 atom stereocenters. The molecule has 2 nitrogen and oxygen atoms in total. The second-order valence-electron chi connectivity index (χ2n) is 3.29. The van der Waals surface area contributed by atoms with Gasteiger partial charge in [0.05, 0.1) is 6.10 Å². The van der Waals surface area contributed by atoms with Crippen LogP contribution in [-0.4, -0.2) is 24.8 Å². The Kier molecular flexibility index (Phi) is 2.69. The number of rotatable bonds is 2. The van der Waals surface area contributed by atoms with Gasteiger partial charge in [-0.2, -0.15) is 0 Å². The van der Waals surface area contributed by atoms with Crippen molar-refractivity contribution < 1.29 is 4.74 Å². The van der Waals surface area contributed by atoms with Gasteiger partial charge in [0.2, 0.25) is 0 Å². The van der Waals surface area contributed by atoms with Crippen molar-refractivity contribution in [1.82, 2.24) is 5.32 Å². The average Bonchev–Trinajstić information content (AvgIpc) is 2.15. The van der Waals surface area contributed by atoms with Gasteiger partial charge in [-0.05, 0) is 13.3 Å². The molecular formula is C8H17NO. The third kappa shape index (κ3) is 1.96. The minimum Gasteiger partial charge on any atom is -0.377 e. The van der Waals surface area contributed by atoms with Gasteiger partial charge in [-0.1, -0.05) is 13.8 Å². The van der Waals surface area contributed by atoms with Crippen LogP contribution in [0.1, 0.15) is 27.2 Å². The van der Waals surface area contributed by atoms with Crippen LogP contribution in [0.25, 0.3) is 0 Å². The van der Waals surface area contributed by atoms with Crippen LogP contribution < -0.4 is 5.32 Å². The van der Waals surface area contributed by atoms with Crippen molar-refractivity contribution in [1.29, 1.82) is 0 Å². The highest BCUT2D eigenvalue weighted by Gasteiger charge is 2.23. The second kappa shape index (κ2) is 3.35. The zero-order chi connectivity index (χ0) is 7.56. The Bertz CT molecular complexity index is 103. The zero-order valence-corrected chi connectivity index (χ0v) is 7.05. The largest absolute Gasteiger partial charge is 0.377 e. The Morgan fingerprint density at radius 2 is 2.20 bits per heavy atom. The Hall–Kier alpha value is -0.0800. The Balaban J connectivity index is 2.26. The highest BCUT2D eigenvalue weighted by Crippen LogP contribution is 2.12. The lowest BCUT2D eigenvalue weighted by Crippen LogP contribution is -2.39. The summed E-state index contributed by atoms with van der Waals surface area (Å²) in [5, 5.41) is 3.47. The van der Waals surface area contributed by atoms with Crippen molar-refractivity contribution in [2.24, 2.45) is 0 Å². The lowest BCUT2D eigenvalue weighted by Gasteiger charge is -2.18. The smallest absolute Gasteiger partial charge is 0.0700 e. The normalized spacial score (nSPS) is 33.6. The van der Waals surface area contributed by atoms with Crippen LogP contribution in [0.15, 0.2) is 0 Å². The number of ether oxygens (including phenoxy) is 1. The molecule has 2 heteroatoms. The van der Waals surface area contributed by atoms with Crippen LogP contribution in [0.5, 0.6) is 0 Å². The van der Waals surface area contributed by atoms with E-state index in [1.807, 2.05) is 0 Å². The lowest BCUT2D eigenvalue weighted by molar-refractivity contribution is 0.111. The monoisotopic (exact) mass is 143 g/mol. The first kappa shape index (κ1) is 8.02. The van der Waals surface area contributed by atoms with Gasteiger partial charge in [0.1, 0.15) is 0 Å². The fraction of sp³-hybridized carbons (Fsp3) is 1.00. The van der Waals surface area contributed by atoms with Gasteiger partial charge in [0.15, 0.2) is 0 Å². The van der Waals surface area contributed by atoms with Crippen LogP contribution >= 0.6 is 0 Å². The number of nitrogens with one attached hydrogen (secondary N) is 1. The second-order valence-corrected chi connectivity index (χ2v) is 3.29. The Morgan fingerprint density at radius 1 is 1.50 bits per heavy atom. The van der Waals surface area contributed by atoms with Crippen molar-refractivity contribution in [3.05, 3.63) is 0 Å². The Labute approximate surface area is 63.0 Å². The predicted molar refractivity (Wildman–Crippen MR) is 42.1 cm³/mol. The van der Waals surface area contributed by atoms with Gasteiger partial charge in [-0.3, -0.25) is 0 Å². The summed E-state index contributed by atoms with van der Waals surface area (Å²) in [6, 6.07) is 1.16. The highest BCUT2D eigenvalue weighted by atomic mass is 16.5. The molecule has 0 aromatic carbocycles. The van der Waals surface area contributed by atoms with E-state index >= 15 is 0 Å². The van der Waals surface area contributed by atoms with E-state index < -0.39 is 0 Å². The fourth-order valence-electron chi connectivity index (χ4n) is 1.38. The molecule has 0 amide bonds. The summed E-state index contributed by atoms with van der Waals surface area (Å²) >= 11 is 0. The van der Waals surface area contributed by atoms with Crippen molar-refractivity contribution in [3.8, 4) is 0 Å². The molecule has 1 fully saturated rings. The fourth-order valence-corrected chi connectivity index (χ4v) is 1.38. The van der Waals surface area contributed by atoms with Gasteiger partial charge < -0.3 is 10.1 Å². The van der Waals surface area contributed by atoms with Crippen LogP contribution in [-0.2, 0) is 4.74 Å². The topological polar surface area (TPSA) is 21.3 Å². The average molecular weight is 143 g/mol. The molecule has 1 N–H and O–H groups in total. The quantitative estimate of drug-likeness (QED) is 0.626. The van der Waals surface area contributed by atoms with Gasteiger partial charge in [-0.15, -0.1) is 0 Å². The molecule has 0 bridgehead atoms. The first-order chi connectivity index (χ1) is 4.70. The first-order valence-corrected chi connectivity index (χ1v) is 4.08. The summed E-state index contributed by atoms with van der Waals surface area (Å²) in [6.45, 7) is 7.40. The van der Waals surface area contributed by atoms with Crippen molar-refractivity contribution >= 4 is 0 Å². The predicted octanol–water partition coefficient (Wildman–Crippen LogP) is 1.16. The van der Waals surface area contributed by atoms with E-state index in [9.17, 15) is 0 Å². The molecule has 0 aromatic rings. The molecular weight excluding hydrogens is 126 g/mol. The van der Waals surface area contributed by atoms with E-state index in [1.165, 1.54) is 6.42 Å². The molecule has 0 radical (unpaired) electrons. The summed E-state index contributed by atoms with van der Waals surface area (Å²) < 4.78 is 5.40. The van der Waals surface area contributed by atoms with E-state index in [4.69, 9.17) is 4.74 Å². The van der Waals surface area contributed by atoms with Crippen molar-refractivity contribution in [2.45, 2.75) is 45.4 Å². The van der Waals surface area contributed by atoms with Crippen molar-refractivity contribution in [3.63, 3.8) is 0 Å². The van der Waals surface area contributed by atoms with Crippen LogP contribution in [0.3, 0.4) is 0 Å². The minimum atomic E-state index is 0.405. The molecule has 0 aliphatic carbocycles. The molecule has 60 valence electrons. The van der Waals surface area contributed by atoms with Gasteiger partial charge in [-0.25, -0.2) is 0 Å². The van der Waals surface area contributed by atoms with Crippen LogP contribution in [0.4, 0.5) is 0 Å². The number of hydrogen-bond donors (Lipinski definition) is 1. The lowest BCUT2D eigenvalue weighted by atomic mass is 10.1. The molecule has 1 aliphatic heterocycles. The molecule has 10 heavy (non-hydrogen) atoms. The maximum atomic E-state index is 5.40. The van der Waals surface area contributed by atoms with E-state index in [1.54, 1.807) is 0 Å². The summed E-state index contributed by atoms with van der Waals surface area (Å²) in [5.74, 6) is 0. The molecule has 0 saturated carbocycles. The molecule has 0 aromatic heterocycles. The SMILES string of the molecule is CC(C)NC1CCOC1C. The molecule has 1 rings (SSSR count). The van der Waals surface area contributed by atoms with E-state index in [0.29, 0.717) is 18.2 Å². The highest BCUT2D eigenvalue weighted by molar-refractivity contribution is 4.79. The van der Waals surface area contributed by atoms with Gasteiger partial charge >= 0.3 is 0 Å². The summed E-state index contributed by atoms with van der Waals surface area (Å²) in [5.41, 5.74) is 0. The maximum absolute atomic E-state index is 5.40. The molecule has 1 aliphatic rings. The first-order valence-electron chi connectivity index (χ1n) is 4.08. The van der Waals surface area contributed by atoms with E-state index in [0.717, 1.165) is 6.61 Å². The van der Waals surface area contributed by atoms with Gasteiger partial charge in [0.25, 0.3) is 0 Å². The zero-order valence-electron chi connectivity index (χ0n) is 7.05. The summed E-state index contributed by atoms with van der Waals surface area (Å²) in [6.07, 6.45) is 1.57. The molecule has 0 spiro atoms. The third-order valence-corrected chi connectivity index (χ3v) is 1.92. The van der Waals surface area contributed by atoms with E-state index in [-0.39, 0.29) is 0 Å². The Morgan fingerprint density at radius 3 is 2.60 bits per heavy atom. The summed E-state index contributed by atoms with van der Waals surface area (Å²) in [7, 11) is 0. The molecule has 1 heterocycles. The van der Waals surface area contributed by atoms with Crippen molar-refractivity contribution in [2.75, 3.05) is 6.61 Å². The molecule has 1 saturated heterocycles. The molecule has 2 unspecified atom stereocenters. The maximum Gasteiger partial charge on any atom is 0.0700 e.